The van der Waals surface area contributed by atoms with Crippen molar-refractivity contribution in [3.05, 3.63) is 24.8 Å². The van der Waals surface area contributed by atoms with Gasteiger partial charge in [0, 0.05) is 24.8 Å². The Kier molecular flexibility index (Phi) is 5.25. The van der Waals surface area contributed by atoms with Gasteiger partial charge in [-0.2, -0.15) is 0 Å². The molecule has 0 bridgehead atoms. The maximum Gasteiger partial charge on any atom is 0.0451 e. The van der Waals surface area contributed by atoms with Gasteiger partial charge in [0.2, 0.25) is 0 Å². The predicted molar refractivity (Wildman–Crippen MR) is 30.4 cm³/mol. The molecule has 0 saturated carbocycles. The number of rotatable bonds is 0. The van der Waals surface area contributed by atoms with Crippen molar-refractivity contribution in [2.45, 2.75) is 0 Å². The molecule has 1 aromatic heterocycles. The summed E-state index contributed by atoms with van der Waals surface area (Å²) in [6.07, 6.45) is 6.56. The molecule has 0 aliphatic heterocycles. The average Bonchev–Trinajstić information content (AvgIpc) is 1.96. The van der Waals surface area contributed by atoms with Gasteiger partial charge >= 0.3 is 0 Å². The van der Waals surface area contributed by atoms with Gasteiger partial charge in [-0.05, 0) is 0 Å². The van der Waals surface area contributed by atoms with E-state index in [2.05, 4.69) is 21.7 Å². The van der Waals surface area contributed by atoms with E-state index in [1.165, 1.54) is 0 Å². The molecule has 0 fully saturated rings. The number of hydrogen-bond acceptors (Lipinski definition) is 4. The molecule has 0 atom stereocenters. The molecular formula is C4H8N4. The predicted octanol–water partition coefficient (Wildman–Crippen LogP) is -0.705. The first-order valence-electron chi connectivity index (χ1n) is 2.03. The fourth-order valence-electron chi connectivity index (χ4n) is 0.253. The Morgan fingerprint density at radius 2 is 1.00 bits per heavy atom. The molecule has 4 N–H and O–H groups in total. The van der Waals surface area contributed by atoms with Gasteiger partial charge in [0.15, 0.2) is 0 Å². The standard InChI is InChI=1S/C4H4N2.H4N2/c1-2-6-4-3-5-1;1-2/h1-4H;1-2H2. The number of hydrazine groups is 1. The molecule has 4 heteroatoms. The Hall–Kier alpha value is -1.00. The van der Waals surface area contributed by atoms with Crippen LogP contribution in [0.4, 0.5) is 0 Å². The second kappa shape index (κ2) is 6.00. The molecule has 0 saturated heterocycles. The highest BCUT2D eigenvalue weighted by atomic mass is 15.0. The molecule has 0 aromatic carbocycles. The summed E-state index contributed by atoms with van der Waals surface area (Å²) in [5.41, 5.74) is 0. The lowest BCUT2D eigenvalue weighted by molar-refractivity contribution is 1.20. The van der Waals surface area contributed by atoms with Crippen molar-refractivity contribution in [2.75, 3.05) is 0 Å². The second-order valence-corrected chi connectivity index (χ2v) is 0.894. The monoisotopic (exact) mass is 112 g/mol. The van der Waals surface area contributed by atoms with Gasteiger partial charge in [0.25, 0.3) is 0 Å². The second-order valence-electron chi connectivity index (χ2n) is 0.894. The van der Waals surface area contributed by atoms with E-state index in [0.717, 1.165) is 0 Å². The van der Waals surface area contributed by atoms with Gasteiger partial charge < -0.3 is 0 Å². The summed E-state index contributed by atoms with van der Waals surface area (Å²) in [6.45, 7) is 0. The highest BCUT2D eigenvalue weighted by Gasteiger charge is 1.59. The lowest BCUT2D eigenvalue weighted by atomic mass is 10.8. The fourth-order valence-corrected chi connectivity index (χ4v) is 0.253. The molecule has 0 aliphatic carbocycles. The van der Waals surface area contributed by atoms with E-state index in [0.29, 0.717) is 0 Å². The Labute approximate surface area is 47.5 Å². The molecule has 8 heavy (non-hydrogen) atoms. The third-order valence-corrected chi connectivity index (χ3v) is 0.478. The van der Waals surface area contributed by atoms with Crippen LogP contribution in [0.1, 0.15) is 0 Å². The van der Waals surface area contributed by atoms with Gasteiger partial charge in [-0.15, -0.1) is 0 Å². The largest absolute Gasteiger partial charge is 0.274 e. The quantitative estimate of drug-likeness (QED) is 0.343. The third kappa shape index (κ3) is 3.20. The fraction of sp³-hybridized carbons (Fsp3) is 0. The molecule has 1 heterocycles. The van der Waals surface area contributed by atoms with Crippen molar-refractivity contribution in [3.63, 3.8) is 0 Å². The van der Waals surface area contributed by atoms with Gasteiger partial charge in [-0.25, -0.2) is 0 Å². The van der Waals surface area contributed by atoms with Crippen LogP contribution in [0.15, 0.2) is 24.8 Å². The maximum absolute atomic E-state index is 4.00. The van der Waals surface area contributed by atoms with Crippen LogP contribution in [0, 0.1) is 0 Å². The van der Waals surface area contributed by atoms with E-state index < -0.39 is 0 Å². The van der Waals surface area contributed by atoms with E-state index in [4.69, 9.17) is 0 Å². The highest BCUT2D eigenvalue weighted by Crippen LogP contribution is 1.65. The Morgan fingerprint density at radius 1 is 0.750 bits per heavy atom. The normalized spacial score (nSPS) is 6.75. The molecule has 0 radical (unpaired) electrons. The van der Waals surface area contributed by atoms with Crippen molar-refractivity contribution < 1.29 is 0 Å². The summed E-state index contributed by atoms with van der Waals surface area (Å²) >= 11 is 0. The topological polar surface area (TPSA) is 77.8 Å². The molecule has 0 unspecified atom stereocenters. The first-order chi connectivity index (χ1) is 4.00. The molecule has 0 aliphatic rings. The van der Waals surface area contributed by atoms with Crippen molar-refractivity contribution in [1.29, 1.82) is 0 Å². The Balaban J connectivity index is 0.000000222. The molecule has 0 amide bonds. The number of nitrogens with two attached hydrogens (primary N) is 2. The first-order valence-corrected chi connectivity index (χ1v) is 2.03. The van der Waals surface area contributed by atoms with E-state index >= 15 is 0 Å². The van der Waals surface area contributed by atoms with Crippen LogP contribution < -0.4 is 11.7 Å². The van der Waals surface area contributed by atoms with Crippen LogP contribution >= 0.6 is 0 Å². The Morgan fingerprint density at radius 3 is 1.12 bits per heavy atom. The van der Waals surface area contributed by atoms with Gasteiger partial charge in [-0.1, -0.05) is 0 Å². The summed E-state index contributed by atoms with van der Waals surface area (Å²) in [7, 11) is 0. The number of aromatic nitrogens is 2. The molecule has 44 valence electrons. The van der Waals surface area contributed by atoms with Gasteiger partial charge in [-0.3, -0.25) is 21.7 Å². The van der Waals surface area contributed by atoms with Crippen LogP contribution in [0.25, 0.3) is 0 Å². The van der Waals surface area contributed by atoms with Crippen LogP contribution in [0.5, 0.6) is 0 Å². The zero-order valence-electron chi connectivity index (χ0n) is 4.36. The minimum Gasteiger partial charge on any atom is -0.274 e. The minimum atomic E-state index is 1.64. The van der Waals surface area contributed by atoms with Gasteiger partial charge in [0.05, 0.1) is 0 Å². The molecule has 0 spiro atoms. The van der Waals surface area contributed by atoms with E-state index in [1.54, 1.807) is 24.8 Å². The lowest BCUT2D eigenvalue weighted by Gasteiger charge is -1.70. The van der Waals surface area contributed by atoms with Crippen LogP contribution in [0.3, 0.4) is 0 Å². The number of hydrogen-bond donors (Lipinski definition) is 2. The SMILES string of the molecule is NN.c1cnccn1. The summed E-state index contributed by atoms with van der Waals surface area (Å²) < 4.78 is 0. The number of nitrogens with zero attached hydrogens (tertiary/aromatic N) is 2. The zero-order chi connectivity index (χ0) is 6.24. The van der Waals surface area contributed by atoms with Crippen LogP contribution in [0.2, 0.25) is 0 Å². The van der Waals surface area contributed by atoms with Crippen molar-refractivity contribution in [2.24, 2.45) is 11.7 Å². The zero-order valence-corrected chi connectivity index (χ0v) is 4.36. The smallest absolute Gasteiger partial charge is 0.0451 e. The van der Waals surface area contributed by atoms with Crippen LogP contribution in [-0.4, -0.2) is 9.97 Å². The van der Waals surface area contributed by atoms with Crippen molar-refractivity contribution in [3.8, 4) is 0 Å². The van der Waals surface area contributed by atoms with E-state index in [-0.39, 0.29) is 0 Å². The van der Waals surface area contributed by atoms with Crippen molar-refractivity contribution >= 4 is 0 Å². The molecule has 4 nitrogen and oxygen atoms in total. The summed E-state index contributed by atoms with van der Waals surface area (Å²) in [4.78, 5) is 7.44. The van der Waals surface area contributed by atoms with Crippen LogP contribution in [-0.2, 0) is 0 Å². The summed E-state index contributed by atoms with van der Waals surface area (Å²) in [6, 6.07) is 0. The van der Waals surface area contributed by atoms with E-state index in [9.17, 15) is 0 Å². The molecule has 1 rings (SSSR count). The Bertz CT molecular complexity index is 80.0. The van der Waals surface area contributed by atoms with Crippen molar-refractivity contribution in [1.82, 2.24) is 9.97 Å². The molecular weight excluding hydrogens is 104 g/mol. The summed E-state index contributed by atoms with van der Waals surface area (Å²) in [5.74, 6) is 8.00. The molecule has 1 aromatic rings. The summed E-state index contributed by atoms with van der Waals surface area (Å²) in [5, 5.41) is 0. The third-order valence-electron chi connectivity index (χ3n) is 0.478. The van der Waals surface area contributed by atoms with E-state index in [1.807, 2.05) is 0 Å². The van der Waals surface area contributed by atoms with Gasteiger partial charge in [0.1, 0.15) is 0 Å². The minimum absolute atomic E-state index is 1.64. The lowest BCUT2D eigenvalue weighted by Crippen LogP contribution is -2.02. The average molecular weight is 112 g/mol. The maximum atomic E-state index is 4.00. The first kappa shape index (κ1) is 7.00. The highest BCUT2D eigenvalue weighted by molar-refractivity contribution is 4.70.